The van der Waals surface area contributed by atoms with Gasteiger partial charge >= 0.3 is 0 Å². The second-order valence-corrected chi connectivity index (χ2v) is 6.01. The lowest BCUT2D eigenvalue weighted by Crippen LogP contribution is -2.32. The third-order valence-electron chi connectivity index (χ3n) is 2.50. The van der Waals surface area contributed by atoms with Crippen molar-refractivity contribution in [3.05, 3.63) is 16.1 Å². The molecule has 0 fully saturated rings. The van der Waals surface area contributed by atoms with Crippen LogP contribution in [0.2, 0.25) is 0 Å². The topological polar surface area (TPSA) is 45.6 Å². The molecule has 0 radical (unpaired) electrons. The van der Waals surface area contributed by atoms with E-state index in [-0.39, 0.29) is 6.10 Å². The molecular weight excluding hydrogens is 248 g/mol. The van der Waals surface area contributed by atoms with Crippen molar-refractivity contribution in [3.8, 4) is 0 Å². The highest BCUT2D eigenvalue weighted by atomic mass is 32.1. The summed E-state index contributed by atoms with van der Waals surface area (Å²) in [5.41, 5.74) is 0. The quantitative estimate of drug-likeness (QED) is 0.785. The highest BCUT2D eigenvalue weighted by Crippen LogP contribution is 2.14. The molecule has 0 amide bonds. The largest absolute Gasteiger partial charge is 0.389 e. The molecule has 0 aliphatic carbocycles. The van der Waals surface area contributed by atoms with Crippen molar-refractivity contribution in [3.63, 3.8) is 0 Å². The van der Waals surface area contributed by atoms with E-state index in [0.29, 0.717) is 13.2 Å². The lowest BCUT2D eigenvalue weighted by molar-refractivity contribution is -0.00635. The first-order valence-corrected chi connectivity index (χ1v) is 7.24. The first kappa shape index (κ1) is 15.6. The summed E-state index contributed by atoms with van der Waals surface area (Å²) < 4.78 is 5.39. The average Bonchev–Trinajstić information content (AvgIpc) is 2.73. The Morgan fingerprint density at radius 2 is 2.22 bits per heavy atom. The van der Waals surface area contributed by atoms with E-state index in [4.69, 9.17) is 4.74 Å². The standard InChI is InChI=1S/C13H24N2O2S/c1-5-12-6-14-13(18-12)8-15(4)7-11(16)9-17-10(2)3/h6,10-11,16H,5,7-9H2,1-4H3. The molecule has 0 aromatic carbocycles. The van der Waals surface area contributed by atoms with E-state index in [1.807, 2.05) is 27.1 Å². The minimum Gasteiger partial charge on any atom is -0.389 e. The first-order chi connectivity index (χ1) is 8.51. The maximum Gasteiger partial charge on any atom is 0.107 e. The predicted octanol–water partition coefficient (Wildman–Crippen LogP) is 1.92. The number of hydrogen-bond donors (Lipinski definition) is 1. The van der Waals surface area contributed by atoms with Crippen LogP contribution in [0.4, 0.5) is 0 Å². The number of likely N-dealkylation sites (N-methyl/N-ethyl adjacent to an activating group) is 1. The first-order valence-electron chi connectivity index (χ1n) is 6.43. The number of aliphatic hydroxyl groups excluding tert-OH is 1. The van der Waals surface area contributed by atoms with Crippen LogP contribution in [-0.4, -0.2) is 47.4 Å². The molecule has 0 bridgehead atoms. The Labute approximate surface area is 114 Å². The van der Waals surface area contributed by atoms with E-state index in [9.17, 15) is 5.11 Å². The smallest absolute Gasteiger partial charge is 0.107 e. The predicted molar refractivity (Wildman–Crippen MR) is 74.9 cm³/mol. The zero-order valence-corrected chi connectivity index (χ0v) is 12.5. The van der Waals surface area contributed by atoms with Crippen molar-refractivity contribution < 1.29 is 9.84 Å². The molecule has 5 heteroatoms. The maximum absolute atomic E-state index is 9.81. The summed E-state index contributed by atoms with van der Waals surface area (Å²) in [5.74, 6) is 0. The molecule has 0 aliphatic heterocycles. The Kier molecular flexibility index (Phi) is 6.78. The zero-order chi connectivity index (χ0) is 13.5. The van der Waals surface area contributed by atoms with Gasteiger partial charge in [0.1, 0.15) is 5.01 Å². The van der Waals surface area contributed by atoms with Crippen LogP contribution in [0.3, 0.4) is 0 Å². The minimum absolute atomic E-state index is 0.163. The van der Waals surface area contributed by atoms with Crippen LogP contribution in [-0.2, 0) is 17.7 Å². The zero-order valence-electron chi connectivity index (χ0n) is 11.7. The third-order valence-corrected chi connectivity index (χ3v) is 3.63. The van der Waals surface area contributed by atoms with E-state index >= 15 is 0 Å². The summed E-state index contributed by atoms with van der Waals surface area (Å²) in [4.78, 5) is 7.76. The Hall–Kier alpha value is -0.490. The summed E-state index contributed by atoms with van der Waals surface area (Å²) in [7, 11) is 1.99. The van der Waals surface area contributed by atoms with Gasteiger partial charge in [-0.25, -0.2) is 4.98 Å². The van der Waals surface area contributed by atoms with Crippen LogP contribution in [0.15, 0.2) is 6.20 Å². The van der Waals surface area contributed by atoms with Crippen LogP contribution < -0.4 is 0 Å². The van der Waals surface area contributed by atoms with Crippen molar-refractivity contribution in [1.82, 2.24) is 9.88 Å². The molecule has 1 heterocycles. The van der Waals surface area contributed by atoms with Crippen molar-refractivity contribution in [1.29, 1.82) is 0 Å². The summed E-state index contributed by atoms with van der Waals surface area (Å²) in [6.07, 6.45) is 2.69. The Morgan fingerprint density at radius 3 is 2.78 bits per heavy atom. The van der Waals surface area contributed by atoms with Crippen LogP contribution in [0.5, 0.6) is 0 Å². The molecule has 1 N–H and O–H groups in total. The van der Waals surface area contributed by atoms with Crippen molar-refractivity contribution in [2.75, 3.05) is 20.2 Å². The van der Waals surface area contributed by atoms with Gasteiger partial charge in [-0.3, -0.25) is 4.90 Å². The van der Waals surface area contributed by atoms with Gasteiger partial charge in [-0.1, -0.05) is 6.92 Å². The summed E-state index contributed by atoms with van der Waals surface area (Å²) in [5, 5.41) is 10.9. The molecule has 0 saturated carbocycles. The van der Waals surface area contributed by atoms with E-state index in [0.717, 1.165) is 18.0 Å². The monoisotopic (exact) mass is 272 g/mol. The fourth-order valence-corrected chi connectivity index (χ4v) is 2.54. The van der Waals surface area contributed by atoms with Gasteiger partial charge < -0.3 is 9.84 Å². The van der Waals surface area contributed by atoms with Crippen LogP contribution in [0.1, 0.15) is 30.7 Å². The number of thiazole rings is 1. The molecular formula is C13H24N2O2S. The van der Waals surface area contributed by atoms with Crippen LogP contribution in [0, 0.1) is 0 Å². The summed E-state index contributed by atoms with van der Waals surface area (Å²) in [6, 6.07) is 0. The van der Waals surface area contributed by atoms with Crippen molar-refractivity contribution >= 4 is 11.3 Å². The maximum atomic E-state index is 9.81. The Balaban J connectivity index is 2.29. The van der Waals surface area contributed by atoms with E-state index < -0.39 is 6.10 Å². The molecule has 0 aliphatic rings. The van der Waals surface area contributed by atoms with Gasteiger partial charge in [0, 0.05) is 17.6 Å². The molecule has 0 spiro atoms. The van der Waals surface area contributed by atoms with Crippen molar-refractivity contribution in [2.24, 2.45) is 0 Å². The highest BCUT2D eigenvalue weighted by Gasteiger charge is 2.11. The molecule has 1 atom stereocenters. The SMILES string of the molecule is CCc1cnc(CN(C)CC(O)COC(C)C)s1. The van der Waals surface area contributed by atoms with Gasteiger partial charge in [-0.15, -0.1) is 11.3 Å². The summed E-state index contributed by atoms with van der Waals surface area (Å²) in [6.45, 7) is 7.85. The number of aryl methyl sites for hydroxylation is 1. The van der Waals surface area contributed by atoms with Crippen LogP contribution >= 0.6 is 11.3 Å². The second-order valence-electron chi connectivity index (χ2n) is 4.81. The van der Waals surface area contributed by atoms with E-state index in [1.165, 1.54) is 4.88 Å². The molecule has 1 aromatic rings. The second kappa shape index (κ2) is 7.84. The number of aromatic nitrogens is 1. The van der Waals surface area contributed by atoms with Gasteiger partial charge in [0.25, 0.3) is 0 Å². The van der Waals surface area contributed by atoms with Gasteiger partial charge in [-0.05, 0) is 27.3 Å². The molecule has 4 nitrogen and oxygen atoms in total. The van der Waals surface area contributed by atoms with E-state index in [2.05, 4.69) is 16.8 Å². The number of aliphatic hydroxyl groups is 1. The number of ether oxygens (including phenoxy) is 1. The van der Waals surface area contributed by atoms with Gasteiger partial charge in [-0.2, -0.15) is 0 Å². The fraction of sp³-hybridized carbons (Fsp3) is 0.769. The lowest BCUT2D eigenvalue weighted by Gasteiger charge is -2.20. The lowest BCUT2D eigenvalue weighted by atomic mass is 10.3. The molecule has 104 valence electrons. The molecule has 1 unspecified atom stereocenters. The summed E-state index contributed by atoms with van der Waals surface area (Å²) >= 11 is 1.74. The Morgan fingerprint density at radius 1 is 1.50 bits per heavy atom. The normalized spacial score (nSPS) is 13.5. The van der Waals surface area contributed by atoms with Gasteiger partial charge in [0.15, 0.2) is 0 Å². The fourth-order valence-electron chi connectivity index (χ4n) is 1.60. The molecule has 0 saturated heterocycles. The molecule has 18 heavy (non-hydrogen) atoms. The number of nitrogens with zero attached hydrogens (tertiary/aromatic N) is 2. The average molecular weight is 272 g/mol. The van der Waals surface area contributed by atoms with Crippen molar-refractivity contribution in [2.45, 2.75) is 45.9 Å². The van der Waals surface area contributed by atoms with E-state index in [1.54, 1.807) is 11.3 Å². The molecule has 1 rings (SSSR count). The van der Waals surface area contributed by atoms with Crippen LogP contribution in [0.25, 0.3) is 0 Å². The number of hydrogen-bond acceptors (Lipinski definition) is 5. The molecule has 1 aromatic heterocycles. The Bertz CT molecular complexity index is 341. The van der Waals surface area contributed by atoms with Gasteiger partial charge in [0.05, 0.1) is 25.4 Å². The highest BCUT2D eigenvalue weighted by molar-refractivity contribution is 7.11. The van der Waals surface area contributed by atoms with Gasteiger partial charge in [0.2, 0.25) is 0 Å². The number of rotatable bonds is 8. The third kappa shape index (κ3) is 5.91. The minimum atomic E-state index is -0.442.